The minimum Gasteiger partial charge on any atom is -0.469 e. The number of carbonyl (C=O) groups excluding carboxylic acids is 1. The first kappa shape index (κ1) is 20.7. The van der Waals surface area contributed by atoms with E-state index in [2.05, 4.69) is 41.1 Å². The number of hydrogen-bond donors (Lipinski definition) is 2. The van der Waals surface area contributed by atoms with E-state index in [4.69, 9.17) is 0 Å². The van der Waals surface area contributed by atoms with Gasteiger partial charge in [0, 0.05) is 26.1 Å². The minimum absolute atomic E-state index is 0.110. The molecule has 0 aromatic heterocycles. The largest absolute Gasteiger partial charge is 0.469 e. The maximum atomic E-state index is 11.0. The smallest absolute Gasteiger partial charge is 0.305 e. The Labute approximate surface area is 136 Å². The van der Waals surface area contributed by atoms with Gasteiger partial charge in [0.05, 0.1) is 7.11 Å². The van der Waals surface area contributed by atoms with E-state index in [1.54, 1.807) is 0 Å². The molecule has 0 aromatic rings. The van der Waals surface area contributed by atoms with Gasteiger partial charge in [-0.25, -0.2) is 0 Å². The minimum atomic E-state index is -0.110. The van der Waals surface area contributed by atoms with E-state index < -0.39 is 0 Å². The lowest BCUT2D eigenvalue weighted by molar-refractivity contribution is -0.140. The highest BCUT2D eigenvalue weighted by Crippen LogP contribution is 2.04. The third-order valence-electron chi connectivity index (χ3n) is 3.38. The van der Waals surface area contributed by atoms with Crippen LogP contribution in [0, 0.1) is 5.92 Å². The summed E-state index contributed by atoms with van der Waals surface area (Å²) in [6, 6.07) is 0. The van der Waals surface area contributed by atoms with Crippen LogP contribution in [0.15, 0.2) is 4.99 Å². The number of rotatable bonds is 12. The van der Waals surface area contributed by atoms with E-state index in [0.717, 1.165) is 63.6 Å². The van der Waals surface area contributed by atoms with Crippen LogP contribution >= 0.6 is 0 Å². The predicted octanol–water partition coefficient (Wildman–Crippen LogP) is 3.10. The molecule has 0 aliphatic rings. The molecule has 0 aliphatic heterocycles. The van der Waals surface area contributed by atoms with Gasteiger partial charge in [0.1, 0.15) is 0 Å². The number of esters is 1. The van der Waals surface area contributed by atoms with Gasteiger partial charge in [-0.05, 0) is 38.5 Å². The predicted molar refractivity (Wildman–Crippen MR) is 93.2 cm³/mol. The molecule has 0 amide bonds. The Morgan fingerprint density at radius 1 is 1.09 bits per heavy atom. The van der Waals surface area contributed by atoms with Gasteiger partial charge in [-0.2, -0.15) is 0 Å². The number of aliphatic imine (C=N–C) groups is 1. The molecule has 0 fully saturated rings. The van der Waals surface area contributed by atoms with Crippen LogP contribution in [0.5, 0.6) is 0 Å². The van der Waals surface area contributed by atoms with Crippen LogP contribution in [0.2, 0.25) is 0 Å². The first-order valence-corrected chi connectivity index (χ1v) is 8.69. The van der Waals surface area contributed by atoms with Crippen molar-refractivity contribution in [2.45, 2.75) is 65.7 Å². The third kappa shape index (κ3) is 13.7. The number of methoxy groups -OCH3 is 1. The number of nitrogens with one attached hydrogen (secondary N) is 2. The van der Waals surface area contributed by atoms with Crippen molar-refractivity contribution in [2.24, 2.45) is 10.9 Å². The highest BCUT2D eigenvalue weighted by molar-refractivity contribution is 5.79. The van der Waals surface area contributed by atoms with Crippen molar-refractivity contribution in [3.05, 3.63) is 0 Å². The van der Waals surface area contributed by atoms with Crippen molar-refractivity contribution in [1.29, 1.82) is 0 Å². The van der Waals surface area contributed by atoms with Crippen molar-refractivity contribution >= 4 is 11.9 Å². The number of unbranched alkanes of at least 4 members (excludes halogenated alkanes) is 3. The number of carbonyl (C=O) groups is 1. The molecule has 2 N–H and O–H groups in total. The van der Waals surface area contributed by atoms with Crippen molar-refractivity contribution < 1.29 is 9.53 Å². The highest BCUT2D eigenvalue weighted by Gasteiger charge is 2.00. The Morgan fingerprint density at radius 2 is 1.82 bits per heavy atom. The van der Waals surface area contributed by atoms with Crippen LogP contribution in [0.3, 0.4) is 0 Å². The second kappa shape index (κ2) is 14.7. The topological polar surface area (TPSA) is 62.7 Å². The summed E-state index contributed by atoms with van der Waals surface area (Å²) in [6.45, 7) is 9.26. The molecule has 0 saturated carbocycles. The molecule has 0 radical (unpaired) electrons. The summed E-state index contributed by atoms with van der Waals surface area (Å²) in [5.41, 5.74) is 0. The van der Waals surface area contributed by atoms with Crippen molar-refractivity contribution in [3.63, 3.8) is 0 Å². The molecular weight excluding hydrogens is 278 g/mol. The number of nitrogens with zero attached hydrogens (tertiary/aromatic N) is 1. The number of ether oxygens (including phenoxy) is 1. The Balaban J connectivity index is 3.68. The lowest BCUT2D eigenvalue weighted by atomic mass is 10.1. The molecule has 0 aromatic carbocycles. The van der Waals surface area contributed by atoms with E-state index in [1.807, 2.05) is 0 Å². The molecule has 22 heavy (non-hydrogen) atoms. The Bertz CT molecular complexity index is 304. The molecule has 0 aliphatic carbocycles. The summed E-state index contributed by atoms with van der Waals surface area (Å²) in [6.07, 6.45) is 7.10. The second-order valence-corrected chi connectivity index (χ2v) is 5.96. The van der Waals surface area contributed by atoms with Gasteiger partial charge >= 0.3 is 5.97 Å². The van der Waals surface area contributed by atoms with E-state index >= 15 is 0 Å². The van der Waals surface area contributed by atoms with Gasteiger partial charge in [-0.15, -0.1) is 0 Å². The lowest BCUT2D eigenvalue weighted by Crippen LogP contribution is -2.37. The van der Waals surface area contributed by atoms with Crippen molar-refractivity contribution in [2.75, 3.05) is 26.7 Å². The molecule has 0 atom stereocenters. The molecule has 0 spiro atoms. The monoisotopic (exact) mass is 313 g/mol. The fraction of sp³-hybridized carbons (Fsp3) is 0.882. The highest BCUT2D eigenvalue weighted by atomic mass is 16.5. The van der Waals surface area contributed by atoms with Gasteiger partial charge in [-0.1, -0.05) is 26.7 Å². The second-order valence-electron chi connectivity index (χ2n) is 5.96. The van der Waals surface area contributed by atoms with Gasteiger partial charge in [0.25, 0.3) is 0 Å². The SMILES string of the molecule is CCNC(=NCCCC(C)C)NCCCCCCC(=O)OC. The normalized spacial score (nSPS) is 11.6. The quantitative estimate of drug-likeness (QED) is 0.251. The van der Waals surface area contributed by atoms with Crippen molar-refractivity contribution in [1.82, 2.24) is 10.6 Å². The zero-order valence-electron chi connectivity index (χ0n) is 14.9. The molecule has 0 rings (SSSR count). The first-order valence-electron chi connectivity index (χ1n) is 8.69. The Hall–Kier alpha value is -1.26. The first-order chi connectivity index (χ1) is 10.6. The molecular formula is C17H35N3O2. The van der Waals surface area contributed by atoms with Crippen molar-refractivity contribution in [3.8, 4) is 0 Å². The molecule has 5 nitrogen and oxygen atoms in total. The van der Waals surface area contributed by atoms with Crippen LogP contribution in [0.4, 0.5) is 0 Å². The maximum absolute atomic E-state index is 11.0. The summed E-state index contributed by atoms with van der Waals surface area (Å²) in [7, 11) is 1.44. The summed E-state index contributed by atoms with van der Waals surface area (Å²) < 4.78 is 4.62. The molecule has 5 heteroatoms. The third-order valence-corrected chi connectivity index (χ3v) is 3.38. The molecule has 130 valence electrons. The van der Waals surface area contributed by atoms with Gasteiger partial charge in [-0.3, -0.25) is 9.79 Å². The van der Waals surface area contributed by atoms with Crippen LogP contribution < -0.4 is 10.6 Å². The zero-order valence-corrected chi connectivity index (χ0v) is 14.9. The number of hydrogen-bond acceptors (Lipinski definition) is 3. The van der Waals surface area contributed by atoms with E-state index in [1.165, 1.54) is 13.5 Å². The fourth-order valence-corrected chi connectivity index (χ4v) is 2.09. The average Bonchev–Trinajstić information content (AvgIpc) is 2.49. The Kier molecular flexibility index (Phi) is 13.8. The zero-order chi connectivity index (χ0) is 16.6. The lowest BCUT2D eigenvalue weighted by Gasteiger charge is -2.11. The summed E-state index contributed by atoms with van der Waals surface area (Å²) in [5.74, 6) is 1.55. The van der Waals surface area contributed by atoms with Crippen LogP contribution in [0.25, 0.3) is 0 Å². The summed E-state index contributed by atoms with van der Waals surface area (Å²) >= 11 is 0. The van der Waals surface area contributed by atoms with Crippen LogP contribution in [-0.2, 0) is 9.53 Å². The van der Waals surface area contributed by atoms with Gasteiger partial charge < -0.3 is 15.4 Å². The molecule has 0 heterocycles. The number of guanidine groups is 1. The molecule has 0 bridgehead atoms. The molecule has 0 saturated heterocycles. The Morgan fingerprint density at radius 3 is 2.45 bits per heavy atom. The van der Waals surface area contributed by atoms with Gasteiger partial charge in [0.2, 0.25) is 0 Å². The summed E-state index contributed by atoms with van der Waals surface area (Å²) in [5, 5.41) is 6.64. The maximum Gasteiger partial charge on any atom is 0.305 e. The van der Waals surface area contributed by atoms with E-state index in [9.17, 15) is 4.79 Å². The average molecular weight is 313 g/mol. The molecule has 0 unspecified atom stereocenters. The standard InChI is InChI=1S/C17H35N3O2/c1-5-18-17(20-14-10-11-15(2)3)19-13-9-7-6-8-12-16(21)22-4/h15H,5-14H2,1-4H3,(H2,18,19,20). The van der Waals surface area contributed by atoms with E-state index in [-0.39, 0.29) is 5.97 Å². The van der Waals surface area contributed by atoms with Crippen LogP contribution in [-0.4, -0.2) is 38.7 Å². The van der Waals surface area contributed by atoms with Crippen LogP contribution in [0.1, 0.15) is 65.7 Å². The fourth-order valence-electron chi connectivity index (χ4n) is 2.09. The summed E-state index contributed by atoms with van der Waals surface area (Å²) in [4.78, 5) is 15.6. The van der Waals surface area contributed by atoms with E-state index in [0.29, 0.717) is 6.42 Å². The van der Waals surface area contributed by atoms with Gasteiger partial charge in [0.15, 0.2) is 5.96 Å².